The van der Waals surface area contributed by atoms with Gasteiger partial charge in [-0.2, -0.15) is 13.2 Å². The fraction of sp³-hybridized carbons (Fsp3) is 0.400. The topological polar surface area (TPSA) is 58.6 Å². The number of sulfonamides is 1. The highest BCUT2D eigenvalue weighted by Gasteiger charge is 2.33. The molecule has 5 nitrogen and oxygen atoms in total. The van der Waals surface area contributed by atoms with Crippen molar-refractivity contribution in [1.29, 1.82) is 0 Å². The van der Waals surface area contributed by atoms with Crippen LogP contribution in [0.2, 0.25) is 0 Å². The highest BCUT2D eigenvalue weighted by Crippen LogP contribution is 2.30. The number of alkyl halides is 5. The molecule has 0 amide bonds. The maximum absolute atomic E-state index is 12.9. The van der Waals surface area contributed by atoms with E-state index in [9.17, 15) is 30.4 Å². The van der Waals surface area contributed by atoms with Crippen molar-refractivity contribution >= 4 is 10.0 Å². The number of nitrogens with zero attached hydrogens (tertiary/aromatic N) is 1. The lowest BCUT2D eigenvalue weighted by Gasteiger charge is -2.17. The summed E-state index contributed by atoms with van der Waals surface area (Å²) >= 11 is 0. The predicted octanol–water partition coefficient (Wildman–Crippen LogP) is 3.90. The van der Waals surface area contributed by atoms with Gasteiger partial charge in [-0.1, -0.05) is 18.2 Å². The number of hydrogen-bond donors (Lipinski definition) is 1. The molecule has 1 fully saturated rings. The van der Waals surface area contributed by atoms with E-state index in [0.717, 1.165) is 23.8 Å². The van der Waals surface area contributed by atoms with Gasteiger partial charge in [0.15, 0.2) is 0 Å². The van der Waals surface area contributed by atoms with Crippen molar-refractivity contribution < 1.29 is 35.1 Å². The molecule has 0 spiro atoms. The number of benzene rings is 2. The molecule has 1 saturated heterocycles. The van der Waals surface area contributed by atoms with Crippen LogP contribution in [0.1, 0.15) is 17.5 Å². The molecule has 2 aromatic rings. The van der Waals surface area contributed by atoms with Gasteiger partial charge < -0.3 is 4.74 Å². The van der Waals surface area contributed by atoms with Crippen LogP contribution in [0, 0.1) is 0 Å². The standard InChI is InChI=1S/C20H21F5N2O3S/c21-19(22)13-30-17-6-4-14(5-7-17)11-27-9-8-16(12-27)26-31(28,29)18-3-1-2-15(10-18)20(23,24)25/h1-7,10,16,19,26H,8-9,11-13H2/t16-/m1/s1. The Morgan fingerprint density at radius 1 is 1.13 bits per heavy atom. The third-order valence-electron chi connectivity index (χ3n) is 4.77. The van der Waals surface area contributed by atoms with Crippen LogP contribution < -0.4 is 9.46 Å². The summed E-state index contributed by atoms with van der Waals surface area (Å²) in [5.41, 5.74) is -0.129. The first kappa shape index (κ1) is 23.4. The van der Waals surface area contributed by atoms with Crippen molar-refractivity contribution in [3.05, 3.63) is 59.7 Å². The summed E-state index contributed by atoms with van der Waals surface area (Å²) in [5.74, 6) is 0.331. The molecule has 1 N–H and O–H groups in total. The monoisotopic (exact) mass is 464 g/mol. The number of hydrogen-bond acceptors (Lipinski definition) is 4. The van der Waals surface area contributed by atoms with Gasteiger partial charge in [-0.15, -0.1) is 0 Å². The van der Waals surface area contributed by atoms with Crippen LogP contribution in [0.15, 0.2) is 53.4 Å². The van der Waals surface area contributed by atoms with Crippen LogP contribution in [-0.4, -0.2) is 45.5 Å². The van der Waals surface area contributed by atoms with Gasteiger partial charge >= 0.3 is 6.18 Å². The van der Waals surface area contributed by atoms with Crippen LogP contribution in [0.4, 0.5) is 22.0 Å². The molecule has 3 rings (SSSR count). The zero-order chi connectivity index (χ0) is 22.6. The SMILES string of the molecule is O=S(=O)(N[C@@H]1CCN(Cc2ccc(OCC(F)F)cc2)C1)c1cccc(C(F)(F)F)c1. The number of rotatable bonds is 8. The maximum atomic E-state index is 12.9. The first-order chi connectivity index (χ1) is 14.5. The van der Waals surface area contributed by atoms with Crippen LogP contribution in [0.5, 0.6) is 5.75 Å². The molecule has 31 heavy (non-hydrogen) atoms. The van der Waals surface area contributed by atoms with E-state index in [1.165, 1.54) is 0 Å². The normalized spacial score (nSPS) is 17.9. The van der Waals surface area contributed by atoms with Gasteiger partial charge in [-0.3, -0.25) is 4.90 Å². The molecule has 0 aliphatic carbocycles. The van der Waals surface area contributed by atoms with Crippen molar-refractivity contribution in [3.8, 4) is 5.75 Å². The molecule has 1 aliphatic rings. The fourth-order valence-corrected chi connectivity index (χ4v) is 4.62. The smallest absolute Gasteiger partial charge is 0.416 e. The van der Waals surface area contributed by atoms with E-state index < -0.39 is 45.7 Å². The summed E-state index contributed by atoms with van der Waals surface area (Å²) in [5, 5.41) is 0. The van der Waals surface area contributed by atoms with Crippen molar-refractivity contribution in [3.63, 3.8) is 0 Å². The molecular weight excluding hydrogens is 443 g/mol. The number of likely N-dealkylation sites (tertiary alicyclic amines) is 1. The molecule has 0 bridgehead atoms. The molecule has 0 unspecified atom stereocenters. The predicted molar refractivity (Wildman–Crippen MR) is 103 cm³/mol. The Balaban J connectivity index is 1.56. The maximum Gasteiger partial charge on any atom is 0.416 e. The highest BCUT2D eigenvalue weighted by molar-refractivity contribution is 7.89. The molecule has 170 valence electrons. The summed E-state index contributed by atoms with van der Waals surface area (Å²) in [6.45, 7) is 0.817. The number of nitrogens with one attached hydrogen (secondary N) is 1. The minimum atomic E-state index is -4.63. The van der Waals surface area contributed by atoms with E-state index in [4.69, 9.17) is 4.74 Å². The fourth-order valence-electron chi connectivity index (χ4n) is 3.31. The summed E-state index contributed by atoms with van der Waals surface area (Å²) in [6.07, 6.45) is -6.68. The average Bonchev–Trinajstić information content (AvgIpc) is 3.13. The second-order valence-corrected chi connectivity index (χ2v) is 8.93. The van der Waals surface area contributed by atoms with Crippen LogP contribution >= 0.6 is 0 Å². The Morgan fingerprint density at radius 2 is 1.84 bits per heavy atom. The third-order valence-corrected chi connectivity index (χ3v) is 6.29. The molecule has 1 heterocycles. The summed E-state index contributed by atoms with van der Waals surface area (Å²) < 4.78 is 95.4. The molecule has 0 saturated carbocycles. The van der Waals surface area contributed by atoms with E-state index in [1.807, 2.05) is 4.90 Å². The Morgan fingerprint density at radius 3 is 2.48 bits per heavy atom. The average molecular weight is 464 g/mol. The second kappa shape index (κ2) is 9.49. The molecule has 1 aliphatic heterocycles. The Hall–Kier alpha value is -2.24. The molecule has 0 aromatic heterocycles. The lowest BCUT2D eigenvalue weighted by molar-refractivity contribution is -0.137. The van der Waals surface area contributed by atoms with Gasteiger partial charge in [-0.05, 0) is 42.3 Å². The van der Waals surface area contributed by atoms with Crippen LogP contribution in [0.25, 0.3) is 0 Å². The van der Waals surface area contributed by atoms with Gasteiger partial charge in [0, 0.05) is 25.7 Å². The Bertz CT molecular complexity index is 981. The van der Waals surface area contributed by atoms with Gasteiger partial charge in [-0.25, -0.2) is 21.9 Å². The van der Waals surface area contributed by atoms with E-state index in [1.54, 1.807) is 24.3 Å². The molecule has 0 radical (unpaired) electrons. The number of ether oxygens (including phenoxy) is 1. The summed E-state index contributed by atoms with van der Waals surface area (Å²) in [4.78, 5) is 1.56. The van der Waals surface area contributed by atoms with Gasteiger partial charge in [0.05, 0.1) is 10.5 Å². The van der Waals surface area contributed by atoms with Crippen LogP contribution in [0.3, 0.4) is 0 Å². The zero-order valence-corrected chi connectivity index (χ0v) is 17.1. The molecule has 1 atom stereocenters. The first-order valence-corrected chi connectivity index (χ1v) is 10.9. The zero-order valence-electron chi connectivity index (χ0n) is 16.3. The minimum Gasteiger partial charge on any atom is -0.488 e. The summed E-state index contributed by atoms with van der Waals surface area (Å²) in [7, 11) is -4.10. The van der Waals surface area contributed by atoms with E-state index in [2.05, 4.69) is 4.72 Å². The van der Waals surface area contributed by atoms with E-state index in [-0.39, 0.29) is 0 Å². The quantitative estimate of drug-likeness (QED) is 0.602. The number of halogens is 5. The molecular formula is C20H21F5N2O3S. The lowest BCUT2D eigenvalue weighted by Crippen LogP contribution is -2.37. The lowest BCUT2D eigenvalue weighted by atomic mass is 10.2. The van der Waals surface area contributed by atoms with E-state index >= 15 is 0 Å². The first-order valence-electron chi connectivity index (χ1n) is 9.45. The van der Waals surface area contributed by atoms with Gasteiger partial charge in [0.25, 0.3) is 6.43 Å². The largest absolute Gasteiger partial charge is 0.488 e. The van der Waals surface area contributed by atoms with Gasteiger partial charge in [0.2, 0.25) is 10.0 Å². The molecule has 11 heteroatoms. The molecule has 2 aromatic carbocycles. The second-order valence-electron chi connectivity index (χ2n) is 7.21. The highest BCUT2D eigenvalue weighted by atomic mass is 32.2. The Labute approximate surface area is 176 Å². The minimum absolute atomic E-state index is 0.331. The van der Waals surface area contributed by atoms with Crippen LogP contribution in [-0.2, 0) is 22.7 Å². The van der Waals surface area contributed by atoms with Crippen molar-refractivity contribution in [1.82, 2.24) is 9.62 Å². The van der Waals surface area contributed by atoms with Gasteiger partial charge in [0.1, 0.15) is 12.4 Å². The van der Waals surface area contributed by atoms with E-state index in [0.29, 0.717) is 37.9 Å². The summed E-state index contributed by atoms with van der Waals surface area (Å²) in [6, 6.07) is 9.83. The van der Waals surface area contributed by atoms with Crippen molar-refractivity contribution in [2.75, 3.05) is 19.7 Å². The Kier molecular flexibility index (Phi) is 7.17. The third kappa shape index (κ3) is 6.62. The van der Waals surface area contributed by atoms with Crippen molar-refractivity contribution in [2.45, 2.75) is 36.5 Å². The van der Waals surface area contributed by atoms with Crippen molar-refractivity contribution in [2.24, 2.45) is 0 Å².